The van der Waals surface area contributed by atoms with E-state index in [-0.39, 0.29) is 18.8 Å². The van der Waals surface area contributed by atoms with Crippen LogP contribution in [-0.2, 0) is 6.54 Å². The third-order valence-corrected chi connectivity index (χ3v) is 2.47. The fraction of sp³-hybridized carbons (Fsp3) is 0.167. The summed E-state index contributed by atoms with van der Waals surface area (Å²) in [4.78, 5) is 22.1. The van der Waals surface area contributed by atoms with Crippen molar-refractivity contribution < 1.29 is 19.1 Å². The third kappa shape index (κ3) is 4.27. The molecular weight excluding hydrogens is 281 g/mol. The van der Waals surface area contributed by atoms with Crippen molar-refractivity contribution in [2.45, 2.75) is 6.54 Å². The summed E-state index contributed by atoms with van der Waals surface area (Å²) in [5, 5.41) is 20.7. The molecule has 1 heterocycles. The summed E-state index contributed by atoms with van der Waals surface area (Å²) in [6, 6.07) is 5.00. The summed E-state index contributed by atoms with van der Waals surface area (Å²) in [6.45, 7) is 0.473. The normalized spacial score (nSPS) is 10.1. The van der Waals surface area contributed by atoms with Gasteiger partial charge in [-0.1, -0.05) is 11.3 Å². The smallest absolute Gasteiger partial charge is 0.358 e. The number of rotatable bonds is 5. The van der Waals surface area contributed by atoms with Crippen LogP contribution < -0.4 is 10.6 Å². The van der Waals surface area contributed by atoms with Gasteiger partial charge in [-0.3, -0.25) is 0 Å². The van der Waals surface area contributed by atoms with Crippen molar-refractivity contribution in [3.05, 3.63) is 42.0 Å². The van der Waals surface area contributed by atoms with Crippen LogP contribution in [0, 0.1) is 5.82 Å². The molecule has 8 nitrogen and oxygen atoms in total. The number of halogens is 1. The molecule has 0 spiro atoms. The summed E-state index contributed by atoms with van der Waals surface area (Å²) in [7, 11) is 0. The molecule has 0 aliphatic carbocycles. The lowest BCUT2D eigenvalue weighted by atomic mass is 10.3. The fourth-order valence-electron chi connectivity index (χ4n) is 1.53. The first-order valence-electron chi connectivity index (χ1n) is 5.98. The number of nitrogens with one attached hydrogen (secondary N) is 2. The Morgan fingerprint density at radius 1 is 1.38 bits per heavy atom. The number of nitrogens with zero attached hydrogens (tertiary/aromatic N) is 3. The van der Waals surface area contributed by atoms with Gasteiger partial charge in [0.2, 0.25) is 0 Å². The van der Waals surface area contributed by atoms with Gasteiger partial charge in [0.05, 0.1) is 12.7 Å². The number of hydrogen-bond acceptors (Lipinski definition) is 4. The summed E-state index contributed by atoms with van der Waals surface area (Å²) in [5.74, 6) is -1.62. The van der Waals surface area contributed by atoms with Crippen molar-refractivity contribution in [3.8, 4) is 0 Å². The molecule has 0 saturated carbocycles. The average Bonchev–Trinajstić information content (AvgIpc) is 2.87. The van der Waals surface area contributed by atoms with E-state index in [1.54, 1.807) is 6.07 Å². The van der Waals surface area contributed by atoms with Gasteiger partial charge >= 0.3 is 12.0 Å². The summed E-state index contributed by atoms with van der Waals surface area (Å²) >= 11 is 0. The van der Waals surface area contributed by atoms with E-state index in [1.807, 2.05) is 0 Å². The molecular formula is C12H12FN5O3. The zero-order valence-electron chi connectivity index (χ0n) is 10.8. The molecule has 9 heteroatoms. The molecule has 110 valence electrons. The van der Waals surface area contributed by atoms with E-state index in [0.717, 1.165) is 0 Å². The van der Waals surface area contributed by atoms with Crippen LogP contribution in [0.2, 0.25) is 0 Å². The summed E-state index contributed by atoms with van der Waals surface area (Å²) in [6.07, 6.45) is 1.26. The predicted molar refractivity (Wildman–Crippen MR) is 70.4 cm³/mol. The van der Waals surface area contributed by atoms with Gasteiger partial charge in [0.25, 0.3) is 0 Å². The van der Waals surface area contributed by atoms with Crippen molar-refractivity contribution in [2.75, 3.05) is 11.9 Å². The summed E-state index contributed by atoms with van der Waals surface area (Å²) in [5.41, 5.74) is 0.167. The molecule has 2 amide bonds. The average molecular weight is 293 g/mol. The quantitative estimate of drug-likeness (QED) is 0.760. The van der Waals surface area contributed by atoms with E-state index in [9.17, 15) is 14.0 Å². The standard InChI is InChI=1S/C12H12FN5O3/c13-8-2-1-3-9(6-8)15-12(21)14-4-5-18-7-10(11(19)20)16-17-18/h1-3,6-7H,4-5H2,(H,19,20)(H2,14,15,21). The van der Waals surface area contributed by atoms with Crippen LogP contribution in [0.25, 0.3) is 0 Å². The number of benzene rings is 1. The van der Waals surface area contributed by atoms with Crippen molar-refractivity contribution in [1.29, 1.82) is 0 Å². The molecule has 0 aliphatic heterocycles. The van der Waals surface area contributed by atoms with Crippen molar-refractivity contribution >= 4 is 17.7 Å². The molecule has 21 heavy (non-hydrogen) atoms. The molecule has 1 aromatic heterocycles. The summed E-state index contributed by atoms with van der Waals surface area (Å²) < 4.78 is 14.2. The SMILES string of the molecule is O=C(NCCn1cc(C(=O)O)nn1)Nc1cccc(F)c1. The molecule has 2 rings (SSSR count). The highest BCUT2D eigenvalue weighted by Crippen LogP contribution is 2.08. The number of hydrogen-bond donors (Lipinski definition) is 3. The monoisotopic (exact) mass is 293 g/mol. The lowest BCUT2D eigenvalue weighted by Gasteiger charge is -2.07. The Bertz CT molecular complexity index is 658. The molecule has 0 bridgehead atoms. The molecule has 0 atom stereocenters. The number of carbonyl (C=O) groups is 2. The third-order valence-electron chi connectivity index (χ3n) is 2.47. The Morgan fingerprint density at radius 2 is 2.19 bits per heavy atom. The molecule has 1 aromatic carbocycles. The van der Waals surface area contributed by atoms with E-state index < -0.39 is 17.8 Å². The van der Waals surface area contributed by atoms with Crippen molar-refractivity contribution in [1.82, 2.24) is 20.3 Å². The predicted octanol–water partition coefficient (Wildman–Crippen LogP) is 0.937. The number of carboxylic acid groups (broad SMARTS) is 1. The number of carboxylic acids is 1. The van der Waals surface area contributed by atoms with Crippen molar-refractivity contribution in [2.24, 2.45) is 0 Å². The number of urea groups is 1. The second-order valence-electron chi connectivity index (χ2n) is 4.06. The topological polar surface area (TPSA) is 109 Å². The van der Waals surface area contributed by atoms with Crippen LogP contribution in [0.5, 0.6) is 0 Å². The number of carbonyl (C=O) groups excluding carboxylic acids is 1. The lowest BCUT2D eigenvalue weighted by molar-refractivity contribution is 0.0690. The van der Waals surface area contributed by atoms with E-state index in [4.69, 9.17) is 5.11 Å². The van der Waals surface area contributed by atoms with E-state index in [0.29, 0.717) is 5.69 Å². The Kier molecular flexibility index (Phi) is 4.44. The molecule has 0 fully saturated rings. The van der Waals surface area contributed by atoms with Crippen LogP contribution in [0.15, 0.2) is 30.5 Å². The molecule has 2 aromatic rings. The highest BCUT2D eigenvalue weighted by Gasteiger charge is 2.08. The first-order valence-corrected chi connectivity index (χ1v) is 5.98. The Balaban J connectivity index is 1.77. The zero-order chi connectivity index (χ0) is 15.2. The van der Waals surface area contributed by atoms with Gasteiger partial charge in [-0.15, -0.1) is 5.10 Å². The maximum atomic E-state index is 12.9. The Morgan fingerprint density at radius 3 is 2.86 bits per heavy atom. The largest absolute Gasteiger partial charge is 0.476 e. The highest BCUT2D eigenvalue weighted by molar-refractivity contribution is 5.89. The maximum absolute atomic E-state index is 12.9. The first-order chi connectivity index (χ1) is 10.0. The Hall–Kier alpha value is -2.97. The van der Waals surface area contributed by atoms with E-state index >= 15 is 0 Å². The van der Waals surface area contributed by atoms with Crippen LogP contribution in [0.4, 0.5) is 14.9 Å². The van der Waals surface area contributed by atoms with Gasteiger partial charge in [-0.05, 0) is 18.2 Å². The van der Waals surface area contributed by atoms with Gasteiger partial charge in [0.15, 0.2) is 5.69 Å². The minimum atomic E-state index is -1.17. The number of amides is 2. The van der Waals surface area contributed by atoms with Gasteiger partial charge in [0, 0.05) is 12.2 Å². The fourth-order valence-corrected chi connectivity index (χ4v) is 1.53. The number of aromatic carboxylic acids is 1. The molecule has 3 N–H and O–H groups in total. The molecule has 0 unspecified atom stereocenters. The highest BCUT2D eigenvalue weighted by atomic mass is 19.1. The second kappa shape index (κ2) is 6.46. The first kappa shape index (κ1) is 14.4. The van der Waals surface area contributed by atoms with Gasteiger partial charge < -0.3 is 15.7 Å². The molecule has 0 radical (unpaired) electrons. The van der Waals surface area contributed by atoms with Crippen molar-refractivity contribution in [3.63, 3.8) is 0 Å². The van der Waals surface area contributed by atoms with Crippen LogP contribution in [0.3, 0.4) is 0 Å². The lowest BCUT2D eigenvalue weighted by Crippen LogP contribution is -2.31. The van der Waals surface area contributed by atoms with Gasteiger partial charge in [-0.25, -0.2) is 18.7 Å². The molecule has 0 aliphatic rings. The van der Waals surface area contributed by atoms with E-state index in [1.165, 1.54) is 29.1 Å². The Labute approximate surface area is 118 Å². The number of aromatic nitrogens is 3. The molecule has 0 saturated heterocycles. The van der Waals surface area contributed by atoms with Crippen LogP contribution in [0.1, 0.15) is 10.5 Å². The van der Waals surface area contributed by atoms with Crippen LogP contribution in [-0.4, -0.2) is 38.6 Å². The zero-order valence-corrected chi connectivity index (χ0v) is 10.8. The van der Waals surface area contributed by atoms with E-state index in [2.05, 4.69) is 20.9 Å². The minimum Gasteiger partial charge on any atom is -0.476 e. The maximum Gasteiger partial charge on any atom is 0.358 e. The second-order valence-corrected chi connectivity index (χ2v) is 4.06. The number of anilines is 1. The van der Waals surface area contributed by atoms with Gasteiger partial charge in [0.1, 0.15) is 5.82 Å². The van der Waals surface area contributed by atoms with Gasteiger partial charge in [-0.2, -0.15) is 0 Å². The van der Waals surface area contributed by atoms with Crippen LogP contribution >= 0.6 is 0 Å². The minimum absolute atomic E-state index is 0.167.